The van der Waals surface area contributed by atoms with Gasteiger partial charge in [0.2, 0.25) is 0 Å². The molecule has 0 spiro atoms. The van der Waals surface area contributed by atoms with Gasteiger partial charge in [0.1, 0.15) is 17.3 Å². The first-order chi connectivity index (χ1) is 9.74. The van der Waals surface area contributed by atoms with Crippen LogP contribution >= 0.6 is 0 Å². The van der Waals surface area contributed by atoms with E-state index < -0.39 is 6.36 Å². The average molecular weight is 299 g/mol. The molecule has 2 aromatic rings. The van der Waals surface area contributed by atoms with Crippen LogP contribution in [0.15, 0.2) is 34.7 Å². The van der Waals surface area contributed by atoms with Crippen molar-refractivity contribution in [3.8, 4) is 5.75 Å². The van der Waals surface area contributed by atoms with Crippen molar-refractivity contribution in [1.29, 1.82) is 0 Å². The molecule has 0 amide bonds. The van der Waals surface area contributed by atoms with Gasteiger partial charge in [0, 0.05) is 11.6 Å². The summed E-state index contributed by atoms with van der Waals surface area (Å²) >= 11 is 0. The van der Waals surface area contributed by atoms with Crippen LogP contribution in [0.25, 0.3) is 0 Å². The molecule has 1 atom stereocenters. The number of alkyl halides is 3. The molecular weight excluding hydrogens is 283 g/mol. The van der Waals surface area contributed by atoms with E-state index in [1.54, 1.807) is 12.1 Å². The Kier molecular flexibility index (Phi) is 4.27. The van der Waals surface area contributed by atoms with Gasteiger partial charge < -0.3 is 14.9 Å². The second kappa shape index (κ2) is 5.81. The van der Waals surface area contributed by atoms with Gasteiger partial charge in [0.05, 0.1) is 0 Å². The van der Waals surface area contributed by atoms with Crippen molar-refractivity contribution in [3.63, 3.8) is 0 Å². The molecule has 0 radical (unpaired) electrons. The molecule has 0 bridgehead atoms. The van der Waals surface area contributed by atoms with Crippen LogP contribution in [0.1, 0.15) is 28.7 Å². The van der Waals surface area contributed by atoms with E-state index in [9.17, 15) is 13.2 Å². The fraction of sp³-hybridized carbons (Fsp3) is 0.333. The highest BCUT2D eigenvalue weighted by Gasteiger charge is 2.30. The van der Waals surface area contributed by atoms with Crippen LogP contribution in [-0.4, -0.2) is 6.36 Å². The monoisotopic (exact) mass is 299 g/mol. The third-order valence-electron chi connectivity index (χ3n) is 3.09. The van der Waals surface area contributed by atoms with Gasteiger partial charge in [-0.05, 0) is 44.0 Å². The van der Waals surface area contributed by atoms with E-state index in [0.29, 0.717) is 6.42 Å². The van der Waals surface area contributed by atoms with Gasteiger partial charge >= 0.3 is 6.36 Å². The van der Waals surface area contributed by atoms with E-state index in [-0.39, 0.29) is 11.8 Å². The lowest BCUT2D eigenvalue weighted by Crippen LogP contribution is -2.17. The van der Waals surface area contributed by atoms with Crippen LogP contribution in [-0.2, 0) is 6.42 Å². The van der Waals surface area contributed by atoms with Crippen molar-refractivity contribution in [3.05, 3.63) is 53.0 Å². The van der Waals surface area contributed by atoms with Gasteiger partial charge in [-0.15, -0.1) is 13.2 Å². The van der Waals surface area contributed by atoms with Gasteiger partial charge in [-0.3, -0.25) is 0 Å². The van der Waals surface area contributed by atoms with E-state index in [1.165, 1.54) is 12.1 Å². The van der Waals surface area contributed by atoms with Gasteiger partial charge in [0.15, 0.2) is 0 Å². The van der Waals surface area contributed by atoms with Crippen LogP contribution in [0.2, 0.25) is 0 Å². The molecular formula is C15H16F3NO2. The summed E-state index contributed by atoms with van der Waals surface area (Å²) < 4.78 is 45.4. The summed E-state index contributed by atoms with van der Waals surface area (Å²) in [7, 11) is 0. The predicted molar refractivity (Wildman–Crippen MR) is 71.9 cm³/mol. The number of hydrogen-bond acceptors (Lipinski definition) is 3. The van der Waals surface area contributed by atoms with E-state index in [0.717, 1.165) is 22.6 Å². The predicted octanol–water partition coefficient (Wildman–Crippen LogP) is 4.04. The van der Waals surface area contributed by atoms with E-state index in [1.807, 2.05) is 19.9 Å². The fourth-order valence-electron chi connectivity index (χ4n) is 2.21. The average Bonchev–Trinajstić information content (AvgIpc) is 2.69. The molecule has 6 heteroatoms. The molecule has 1 heterocycles. The molecule has 2 rings (SSSR count). The van der Waals surface area contributed by atoms with Crippen LogP contribution in [0.5, 0.6) is 5.75 Å². The van der Waals surface area contributed by atoms with Crippen LogP contribution < -0.4 is 10.5 Å². The molecule has 0 saturated heterocycles. The van der Waals surface area contributed by atoms with Crippen molar-refractivity contribution < 1.29 is 22.3 Å². The van der Waals surface area contributed by atoms with Crippen LogP contribution in [0, 0.1) is 13.8 Å². The lowest BCUT2D eigenvalue weighted by atomic mass is 10.00. The van der Waals surface area contributed by atoms with Crippen molar-refractivity contribution in [2.75, 3.05) is 0 Å². The van der Waals surface area contributed by atoms with Crippen LogP contribution in [0.3, 0.4) is 0 Å². The van der Waals surface area contributed by atoms with Crippen LogP contribution in [0.4, 0.5) is 13.2 Å². The summed E-state index contributed by atoms with van der Waals surface area (Å²) in [5.41, 5.74) is 7.84. The third kappa shape index (κ3) is 4.26. The Morgan fingerprint density at radius 3 is 2.29 bits per heavy atom. The molecule has 0 aliphatic rings. The summed E-state index contributed by atoms with van der Waals surface area (Å²) in [6.45, 7) is 3.68. The summed E-state index contributed by atoms with van der Waals surface area (Å²) in [6.07, 6.45) is -4.17. The molecule has 1 unspecified atom stereocenters. The maximum Gasteiger partial charge on any atom is 0.573 e. The third-order valence-corrected chi connectivity index (χ3v) is 3.09. The number of nitrogens with two attached hydrogens (primary N) is 1. The number of aryl methyl sites for hydroxylation is 2. The zero-order chi connectivity index (χ0) is 15.6. The molecule has 114 valence electrons. The summed E-state index contributed by atoms with van der Waals surface area (Å²) in [4.78, 5) is 0. The molecule has 0 saturated carbocycles. The molecule has 0 aliphatic carbocycles. The topological polar surface area (TPSA) is 48.4 Å². The molecule has 1 aromatic heterocycles. The number of hydrogen-bond donors (Lipinski definition) is 1. The van der Waals surface area contributed by atoms with E-state index >= 15 is 0 Å². The number of benzene rings is 1. The Morgan fingerprint density at radius 2 is 1.81 bits per heavy atom. The smallest absolute Gasteiger partial charge is 0.466 e. The Morgan fingerprint density at radius 1 is 1.19 bits per heavy atom. The van der Waals surface area contributed by atoms with E-state index in [2.05, 4.69) is 4.74 Å². The van der Waals surface area contributed by atoms with Gasteiger partial charge in [-0.25, -0.2) is 0 Å². The summed E-state index contributed by atoms with van der Waals surface area (Å²) in [5.74, 6) is 1.30. The normalized spacial score (nSPS) is 13.2. The second-order valence-electron chi connectivity index (χ2n) is 4.87. The zero-order valence-corrected chi connectivity index (χ0v) is 11.7. The van der Waals surface area contributed by atoms with Gasteiger partial charge in [-0.1, -0.05) is 12.1 Å². The minimum Gasteiger partial charge on any atom is -0.466 e. The summed E-state index contributed by atoms with van der Waals surface area (Å²) in [6, 6.07) is 7.32. The molecule has 2 N–H and O–H groups in total. The zero-order valence-electron chi connectivity index (χ0n) is 11.7. The minimum absolute atomic E-state index is 0.241. The minimum atomic E-state index is -4.68. The first-order valence-corrected chi connectivity index (χ1v) is 6.42. The van der Waals surface area contributed by atoms with Gasteiger partial charge in [-0.2, -0.15) is 0 Å². The highest BCUT2D eigenvalue weighted by Crippen LogP contribution is 2.26. The fourth-order valence-corrected chi connectivity index (χ4v) is 2.21. The Labute approximate surface area is 120 Å². The first kappa shape index (κ1) is 15.4. The number of ether oxygens (including phenoxy) is 1. The Balaban J connectivity index is 2.05. The maximum atomic E-state index is 12.1. The number of halogens is 3. The standard InChI is InChI=1S/C15H16F3NO2/c1-9-7-13(10(2)20-9)14(19)8-11-3-5-12(6-4-11)21-15(16,17)18/h3-7,14H,8,19H2,1-2H3. The highest BCUT2D eigenvalue weighted by molar-refractivity contribution is 5.30. The first-order valence-electron chi connectivity index (χ1n) is 6.42. The van der Waals surface area contributed by atoms with Crippen molar-refractivity contribution in [2.24, 2.45) is 5.73 Å². The second-order valence-corrected chi connectivity index (χ2v) is 4.87. The summed E-state index contributed by atoms with van der Waals surface area (Å²) in [5, 5.41) is 0. The van der Waals surface area contributed by atoms with Crippen molar-refractivity contribution in [1.82, 2.24) is 0 Å². The van der Waals surface area contributed by atoms with Crippen molar-refractivity contribution in [2.45, 2.75) is 32.7 Å². The molecule has 21 heavy (non-hydrogen) atoms. The molecule has 3 nitrogen and oxygen atoms in total. The Bertz CT molecular complexity index is 602. The highest BCUT2D eigenvalue weighted by atomic mass is 19.4. The number of rotatable bonds is 4. The molecule has 0 aliphatic heterocycles. The quantitative estimate of drug-likeness (QED) is 0.927. The molecule has 1 aromatic carbocycles. The van der Waals surface area contributed by atoms with Crippen molar-refractivity contribution >= 4 is 0 Å². The number of furan rings is 1. The van der Waals surface area contributed by atoms with E-state index in [4.69, 9.17) is 10.2 Å². The lowest BCUT2D eigenvalue weighted by Gasteiger charge is -2.12. The lowest BCUT2D eigenvalue weighted by molar-refractivity contribution is -0.274. The largest absolute Gasteiger partial charge is 0.573 e. The maximum absolute atomic E-state index is 12.1. The van der Waals surface area contributed by atoms with Gasteiger partial charge in [0.25, 0.3) is 0 Å². The SMILES string of the molecule is Cc1cc(C(N)Cc2ccc(OC(F)(F)F)cc2)c(C)o1. The Hall–Kier alpha value is -1.95. The molecule has 0 fully saturated rings.